The zero-order valence-electron chi connectivity index (χ0n) is 22.2. The fraction of sp³-hybridized carbons (Fsp3) is 0.344. The van der Waals surface area contributed by atoms with Gasteiger partial charge in [-0.25, -0.2) is 9.37 Å². The molecule has 0 saturated carbocycles. The zero-order valence-corrected chi connectivity index (χ0v) is 22.2. The molecule has 0 spiro atoms. The maximum atomic E-state index is 14.1. The number of benzene rings is 3. The number of aromatic nitrogens is 1. The van der Waals surface area contributed by atoms with Crippen molar-refractivity contribution in [1.82, 2.24) is 4.98 Å². The largest absolute Gasteiger partial charge is 0.491 e. The predicted octanol–water partition coefficient (Wildman–Crippen LogP) is 6.66. The molecule has 1 saturated heterocycles. The second-order valence-corrected chi connectivity index (χ2v) is 9.69. The summed E-state index contributed by atoms with van der Waals surface area (Å²) < 4.78 is 43.5. The standard InChI is InChI=1S/C32H34FNO5/c1-23-31(34-30-11-10-26(33)18-29(30)32(23)39-21-24-6-3-2-4-7-24)22-38-28-9-5-8-27(19-28)37-17-16-36-20-25-12-14-35-15-13-25/h2-11,18-19,25H,12-17,20-22H2,1H3. The minimum Gasteiger partial charge on any atom is -0.491 e. The van der Waals surface area contributed by atoms with Crippen molar-refractivity contribution in [3.05, 3.63) is 95.4 Å². The number of halogens is 1. The monoisotopic (exact) mass is 531 g/mol. The van der Waals surface area contributed by atoms with Crippen molar-refractivity contribution in [3.8, 4) is 17.2 Å². The predicted molar refractivity (Wildman–Crippen MR) is 148 cm³/mol. The second-order valence-electron chi connectivity index (χ2n) is 9.69. The molecule has 0 unspecified atom stereocenters. The summed E-state index contributed by atoms with van der Waals surface area (Å²) in [4.78, 5) is 4.75. The summed E-state index contributed by atoms with van der Waals surface area (Å²) in [5.41, 5.74) is 3.23. The molecule has 1 aliphatic rings. The molecule has 0 bridgehead atoms. The molecule has 1 aromatic heterocycles. The Hall–Kier alpha value is -3.68. The highest BCUT2D eigenvalue weighted by Crippen LogP contribution is 2.32. The van der Waals surface area contributed by atoms with Crippen LogP contribution in [0.15, 0.2) is 72.8 Å². The van der Waals surface area contributed by atoms with Gasteiger partial charge in [-0.2, -0.15) is 0 Å². The smallest absolute Gasteiger partial charge is 0.134 e. The van der Waals surface area contributed by atoms with Gasteiger partial charge >= 0.3 is 0 Å². The van der Waals surface area contributed by atoms with Crippen LogP contribution in [0.4, 0.5) is 4.39 Å². The van der Waals surface area contributed by atoms with Crippen molar-refractivity contribution < 1.29 is 28.1 Å². The van der Waals surface area contributed by atoms with Crippen molar-refractivity contribution >= 4 is 10.9 Å². The molecule has 0 radical (unpaired) electrons. The van der Waals surface area contributed by atoms with E-state index in [9.17, 15) is 4.39 Å². The third-order valence-corrected chi connectivity index (χ3v) is 6.83. The van der Waals surface area contributed by atoms with Gasteiger partial charge in [0.25, 0.3) is 0 Å². The van der Waals surface area contributed by atoms with Gasteiger partial charge in [-0.05, 0) is 61.6 Å². The minimum absolute atomic E-state index is 0.235. The third kappa shape index (κ3) is 7.46. The average molecular weight is 532 g/mol. The summed E-state index contributed by atoms with van der Waals surface area (Å²) in [5, 5.41) is 0.640. The van der Waals surface area contributed by atoms with Crippen molar-refractivity contribution in [2.24, 2.45) is 5.92 Å². The fourth-order valence-electron chi connectivity index (χ4n) is 4.59. The summed E-state index contributed by atoms with van der Waals surface area (Å²) in [6.07, 6.45) is 2.12. The van der Waals surface area contributed by atoms with Crippen molar-refractivity contribution in [3.63, 3.8) is 0 Å². The van der Waals surface area contributed by atoms with Crippen LogP contribution in [-0.2, 0) is 22.7 Å². The average Bonchev–Trinajstić information content (AvgIpc) is 2.97. The van der Waals surface area contributed by atoms with Gasteiger partial charge in [0.15, 0.2) is 0 Å². The Morgan fingerprint density at radius 2 is 1.64 bits per heavy atom. The lowest BCUT2D eigenvalue weighted by Crippen LogP contribution is -2.21. The Morgan fingerprint density at radius 1 is 0.846 bits per heavy atom. The molecule has 1 fully saturated rings. The lowest BCUT2D eigenvalue weighted by molar-refractivity contribution is 0.0139. The number of hydrogen-bond acceptors (Lipinski definition) is 6. The van der Waals surface area contributed by atoms with E-state index in [2.05, 4.69) is 0 Å². The molecule has 7 heteroatoms. The quantitative estimate of drug-likeness (QED) is 0.191. The molecular formula is C32H34FNO5. The van der Waals surface area contributed by atoms with E-state index < -0.39 is 0 Å². The zero-order chi connectivity index (χ0) is 26.9. The molecule has 0 atom stereocenters. The van der Waals surface area contributed by atoms with E-state index in [-0.39, 0.29) is 12.4 Å². The molecule has 1 aliphatic heterocycles. The first-order valence-electron chi connectivity index (χ1n) is 13.4. The maximum absolute atomic E-state index is 14.1. The highest BCUT2D eigenvalue weighted by atomic mass is 19.1. The highest BCUT2D eigenvalue weighted by Gasteiger charge is 2.16. The van der Waals surface area contributed by atoms with E-state index >= 15 is 0 Å². The lowest BCUT2D eigenvalue weighted by Gasteiger charge is -2.21. The summed E-state index contributed by atoms with van der Waals surface area (Å²) in [6.45, 7) is 5.94. The van der Waals surface area contributed by atoms with E-state index in [4.69, 9.17) is 28.7 Å². The molecule has 39 heavy (non-hydrogen) atoms. The molecule has 4 aromatic rings. The Kier molecular flexibility index (Phi) is 9.25. The summed E-state index contributed by atoms with van der Waals surface area (Å²) in [7, 11) is 0. The van der Waals surface area contributed by atoms with Crippen molar-refractivity contribution in [1.29, 1.82) is 0 Å². The van der Waals surface area contributed by atoms with E-state index in [1.54, 1.807) is 6.07 Å². The molecule has 3 aromatic carbocycles. The van der Waals surface area contributed by atoms with Crippen LogP contribution < -0.4 is 14.2 Å². The third-order valence-electron chi connectivity index (χ3n) is 6.83. The number of fused-ring (bicyclic) bond motifs is 1. The van der Waals surface area contributed by atoms with E-state index in [0.29, 0.717) is 53.9 Å². The number of pyridine rings is 1. The van der Waals surface area contributed by atoms with Gasteiger partial charge in [-0.15, -0.1) is 0 Å². The van der Waals surface area contributed by atoms with Crippen LogP contribution in [0, 0.1) is 18.7 Å². The molecular weight excluding hydrogens is 497 g/mol. The van der Waals surface area contributed by atoms with Crippen LogP contribution in [0.1, 0.15) is 29.7 Å². The first-order valence-corrected chi connectivity index (χ1v) is 13.4. The van der Waals surface area contributed by atoms with Gasteiger partial charge in [-0.3, -0.25) is 0 Å². The normalized spacial score (nSPS) is 13.9. The molecule has 6 nitrogen and oxygen atoms in total. The molecule has 0 aliphatic carbocycles. The summed E-state index contributed by atoms with van der Waals surface area (Å²) in [6, 6.07) is 22.0. The number of hydrogen-bond donors (Lipinski definition) is 0. The van der Waals surface area contributed by atoms with E-state index in [1.165, 1.54) is 12.1 Å². The fourth-order valence-corrected chi connectivity index (χ4v) is 4.59. The van der Waals surface area contributed by atoms with Crippen LogP contribution in [0.25, 0.3) is 10.9 Å². The molecule has 2 heterocycles. The SMILES string of the molecule is Cc1c(COc2cccc(OCCOCC3CCOCC3)c2)nc2ccc(F)cc2c1OCc1ccccc1. The Balaban J connectivity index is 1.21. The van der Waals surface area contributed by atoms with Gasteiger partial charge < -0.3 is 23.7 Å². The van der Waals surface area contributed by atoms with Crippen LogP contribution >= 0.6 is 0 Å². The van der Waals surface area contributed by atoms with Gasteiger partial charge in [0.05, 0.1) is 17.8 Å². The minimum atomic E-state index is -0.330. The molecule has 204 valence electrons. The van der Waals surface area contributed by atoms with E-state index in [0.717, 1.165) is 49.5 Å². The van der Waals surface area contributed by atoms with E-state index in [1.807, 2.05) is 61.5 Å². The maximum Gasteiger partial charge on any atom is 0.134 e. The Labute approximate surface area is 228 Å². The van der Waals surface area contributed by atoms with Crippen molar-refractivity contribution in [2.75, 3.05) is 33.0 Å². The number of rotatable bonds is 12. The number of ether oxygens (including phenoxy) is 5. The summed E-state index contributed by atoms with van der Waals surface area (Å²) in [5.74, 6) is 2.24. The number of nitrogens with zero attached hydrogens (tertiary/aromatic N) is 1. The van der Waals surface area contributed by atoms with Gasteiger partial charge in [0, 0.05) is 36.8 Å². The Morgan fingerprint density at radius 3 is 2.46 bits per heavy atom. The van der Waals surface area contributed by atoms with Gasteiger partial charge in [0.2, 0.25) is 0 Å². The van der Waals surface area contributed by atoms with Gasteiger partial charge in [0.1, 0.15) is 42.9 Å². The first kappa shape index (κ1) is 26.9. The first-order chi connectivity index (χ1) is 19.2. The highest BCUT2D eigenvalue weighted by molar-refractivity contribution is 5.86. The molecule has 0 amide bonds. The lowest BCUT2D eigenvalue weighted by atomic mass is 10.0. The van der Waals surface area contributed by atoms with Crippen LogP contribution in [0.5, 0.6) is 17.2 Å². The second kappa shape index (κ2) is 13.4. The van der Waals surface area contributed by atoms with Crippen LogP contribution in [0.2, 0.25) is 0 Å². The molecule has 5 rings (SSSR count). The summed E-state index contributed by atoms with van der Waals surface area (Å²) >= 11 is 0. The van der Waals surface area contributed by atoms with Crippen LogP contribution in [-0.4, -0.2) is 38.0 Å². The Bertz CT molecular complexity index is 1360. The van der Waals surface area contributed by atoms with Crippen LogP contribution in [0.3, 0.4) is 0 Å². The van der Waals surface area contributed by atoms with Gasteiger partial charge in [-0.1, -0.05) is 36.4 Å². The molecule has 0 N–H and O–H groups in total. The van der Waals surface area contributed by atoms with Crippen molar-refractivity contribution in [2.45, 2.75) is 33.0 Å². The topological polar surface area (TPSA) is 59.0 Å².